The number of furan rings is 1. The molecule has 7 nitrogen and oxygen atoms in total. The molecule has 2 heterocycles. The maximum Gasteiger partial charge on any atom is 0.344 e. The first-order valence-electron chi connectivity index (χ1n) is 10.8. The van der Waals surface area contributed by atoms with E-state index in [9.17, 15) is 14.4 Å². The molecular formula is C24H22ClN3O4S. The summed E-state index contributed by atoms with van der Waals surface area (Å²) in [4.78, 5) is 39.8. The van der Waals surface area contributed by atoms with Crippen LogP contribution >= 0.6 is 23.4 Å². The molecule has 1 aliphatic heterocycles. The molecule has 0 unspecified atom stereocenters. The molecule has 9 heteroatoms. The SMILES string of the molecule is O=C(NN1C(=O)NC2(CCCCC2)C1=O)c1oc2ccccc2c1CSc1ccc(Cl)cc1. The number of hydrogen-bond donors (Lipinski definition) is 2. The van der Waals surface area contributed by atoms with Crippen LogP contribution in [0.2, 0.25) is 5.02 Å². The van der Waals surface area contributed by atoms with Crippen LogP contribution in [-0.4, -0.2) is 28.4 Å². The topological polar surface area (TPSA) is 91.7 Å². The van der Waals surface area contributed by atoms with Crippen molar-refractivity contribution in [1.29, 1.82) is 0 Å². The number of rotatable bonds is 5. The fourth-order valence-corrected chi connectivity index (χ4v) is 5.53. The molecule has 33 heavy (non-hydrogen) atoms. The van der Waals surface area contributed by atoms with Crippen LogP contribution in [0, 0.1) is 0 Å². The van der Waals surface area contributed by atoms with Gasteiger partial charge < -0.3 is 9.73 Å². The predicted octanol–water partition coefficient (Wildman–Crippen LogP) is 5.28. The van der Waals surface area contributed by atoms with Gasteiger partial charge in [-0.3, -0.25) is 9.59 Å². The predicted molar refractivity (Wildman–Crippen MR) is 126 cm³/mol. The van der Waals surface area contributed by atoms with E-state index in [0.717, 1.165) is 34.6 Å². The lowest BCUT2D eigenvalue weighted by molar-refractivity contribution is -0.134. The van der Waals surface area contributed by atoms with Crippen LogP contribution in [0.25, 0.3) is 11.0 Å². The van der Waals surface area contributed by atoms with Gasteiger partial charge in [0.15, 0.2) is 5.76 Å². The Kier molecular flexibility index (Phi) is 5.80. The summed E-state index contributed by atoms with van der Waals surface area (Å²) in [7, 11) is 0. The van der Waals surface area contributed by atoms with Gasteiger partial charge in [-0.1, -0.05) is 49.1 Å². The Morgan fingerprint density at radius 2 is 1.82 bits per heavy atom. The first-order valence-corrected chi connectivity index (χ1v) is 12.2. The Labute approximate surface area is 199 Å². The van der Waals surface area contributed by atoms with Gasteiger partial charge >= 0.3 is 11.9 Å². The van der Waals surface area contributed by atoms with E-state index in [1.807, 2.05) is 42.5 Å². The minimum absolute atomic E-state index is 0.0860. The number of amides is 4. The van der Waals surface area contributed by atoms with Gasteiger partial charge in [0.25, 0.3) is 5.91 Å². The van der Waals surface area contributed by atoms with E-state index in [1.54, 1.807) is 6.07 Å². The van der Waals surface area contributed by atoms with Crippen molar-refractivity contribution < 1.29 is 18.8 Å². The summed E-state index contributed by atoms with van der Waals surface area (Å²) < 4.78 is 5.87. The molecule has 170 valence electrons. The van der Waals surface area contributed by atoms with Crippen molar-refractivity contribution in [2.75, 3.05) is 0 Å². The van der Waals surface area contributed by atoms with Crippen LogP contribution in [0.5, 0.6) is 0 Å². The number of benzene rings is 2. The zero-order valence-corrected chi connectivity index (χ0v) is 19.3. The van der Waals surface area contributed by atoms with Crippen molar-refractivity contribution >= 4 is 52.2 Å². The van der Waals surface area contributed by atoms with E-state index >= 15 is 0 Å². The minimum atomic E-state index is -0.913. The number of carbonyl (C=O) groups is 3. The highest BCUT2D eigenvalue weighted by molar-refractivity contribution is 7.98. The highest BCUT2D eigenvalue weighted by Gasteiger charge is 2.52. The van der Waals surface area contributed by atoms with Crippen LogP contribution in [0.3, 0.4) is 0 Å². The highest BCUT2D eigenvalue weighted by atomic mass is 35.5. The number of thioether (sulfide) groups is 1. The number of hydrazine groups is 1. The van der Waals surface area contributed by atoms with Crippen molar-refractivity contribution in [2.45, 2.75) is 48.3 Å². The fourth-order valence-electron chi connectivity index (χ4n) is 4.48. The highest BCUT2D eigenvalue weighted by Crippen LogP contribution is 2.35. The Morgan fingerprint density at radius 3 is 2.58 bits per heavy atom. The van der Waals surface area contributed by atoms with Crippen molar-refractivity contribution in [3.05, 3.63) is 64.9 Å². The second kappa shape index (κ2) is 8.76. The molecule has 2 fully saturated rings. The smallest absolute Gasteiger partial charge is 0.344 e. The zero-order chi connectivity index (χ0) is 23.0. The molecule has 1 saturated heterocycles. The van der Waals surface area contributed by atoms with E-state index in [4.69, 9.17) is 16.0 Å². The Hall–Kier alpha value is -2.97. The quantitative estimate of drug-likeness (QED) is 0.380. The van der Waals surface area contributed by atoms with Gasteiger partial charge in [0.05, 0.1) is 0 Å². The third-order valence-electron chi connectivity index (χ3n) is 6.18. The summed E-state index contributed by atoms with van der Waals surface area (Å²) in [5.41, 5.74) is 2.83. The summed E-state index contributed by atoms with van der Waals surface area (Å²) in [6.45, 7) is 0. The lowest BCUT2D eigenvalue weighted by atomic mass is 9.82. The third kappa shape index (κ3) is 4.09. The number of nitrogens with one attached hydrogen (secondary N) is 2. The fraction of sp³-hybridized carbons (Fsp3) is 0.292. The number of urea groups is 1. The number of imide groups is 1. The standard InChI is InChI=1S/C24H22ClN3O4S/c25-15-8-10-16(11-9-15)33-14-18-17-6-2-3-7-19(17)32-20(18)21(29)27-28-22(30)24(26-23(28)31)12-4-1-5-13-24/h2-3,6-11H,1,4-5,12-14H2,(H,26,31)(H,27,29). The van der Waals surface area contributed by atoms with E-state index < -0.39 is 23.4 Å². The molecule has 1 aromatic heterocycles. The summed E-state index contributed by atoms with van der Waals surface area (Å²) in [5.74, 6) is -0.489. The average molecular weight is 484 g/mol. The molecule has 1 aliphatic carbocycles. The van der Waals surface area contributed by atoms with Crippen molar-refractivity contribution in [3.8, 4) is 0 Å². The van der Waals surface area contributed by atoms with E-state index in [0.29, 0.717) is 34.8 Å². The number of fused-ring (bicyclic) bond motifs is 1. The zero-order valence-electron chi connectivity index (χ0n) is 17.7. The Morgan fingerprint density at radius 1 is 1.09 bits per heavy atom. The van der Waals surface area contributed by atoms with Crippen LogP contribution in [0.4, 0.5) is 4.79 Å². The van der Waals surface area contributed by atoms with Gasteiger partial charge in [0.2, 0.25) is 0 Å². The minimum Gasteiger partial charge on any atom is -0.451 e. The van der Waals surface area contributed by atoms with Crippen molar-refractivity contribution in [1.82, 2.24) is 15.8 Å². The number of para-hydroxylation sites is 1. The average Bonchev–Trinajstić information content (AvgIpc) is 3.30. The third-order valence-corrected chi connectivity index (χ3v) is 7.47. The molecule has 1 spiro atoms. The lowest BCUT2D eigenvalue weighted by Crippen LogP contribution is -2.51. The second-order valence-corrected chi connectivity index (χ2v) is 9.79. The maximum atomic E-state index is 13.2. The largest absolute Gasteiger partial charge is 0.451 e. The summed E-state index contributed by atoms with van der Waals surface area (Å²) in [6.07, 6.45) is 3.92. The van der Waals surface area contributed by atoms with Gasteiger partial charge in [-0.05, 0) is 43.2 Å². The molecule has 0 bridgehead atoms. The molecule has 3 aromatic rings. The number of halogens is 1. The molecule has 1 saturated carbocycles. The van der Waals surface area contributed by atoms with Gasteiger partial charge in [-0.15, -0.1) is 11.8 Å². The Bertz CT molecular complexity index is 1230. The van der Waals surface area contributed by atoms with Crippen LogP contribution in [0.1, 0.15) is 48.2 Å². The molecule has 5 rings (SSSR count). The first-order chi connectivity index (χ1) is 16.0. The number of hydrogen-bond acceptors (Lipinski definition) is 5. The molecule has 2 aromatic carbocycles. The van der Waals surface area contributed by atoms with E-state index in [2.05, 4.69) is 10.7 Å². The normalized spacial score (nSPS) is 17.5. The van der Waals surface area contributed by atoms with Gasteiger partial charge in [0, 0.05) is 26.6 Å². The molecule has 2 N–H and O–H groups in total. The van der Waals surface area contributed by atoms with Crippen molar-refractivity contribution in [2.24, 2.45) is 0 Å². The van der Waals surface area contributed by atoms with Gasteiger partial charge in [-0.2, -0.15) is 5.01 Å². The number of carbonyl (C=O) groups excluding carboxylic acids is 3. The maximum absolute atomic E-state index is 13.2. The number of nitrogens with zero attached hydrogens (tertiary/aromatic N) is 1. The van der Waals surface area contributed by atoms with E-state index in [1.165, 1.54) is 11.8 Å². The van der Waals surface area contributed by atoms with E-state index in [-0.39, 0.29) is 5.76 Å². The summed E-state index contributed by atoms with van der Waals surface area (Å²) in [5, 5.41) is 5.06. The molecule has 4 amide bonds. The molecule has 2 aliphatic rings. The van der Waals surface area contributed by atoms with Crippen molar-refractivity contribution in [3.63, 3.8) is 0 Å². The van der Waals surface area contributed by atoms with Gasteiger partial charge in [0.1, 0.15) is 11.1 Å². The molecule has 0 atom stereocenters. The Balaban J connectivity index is 1.40. The summed E-state index contributed by atoms with van der Waals surface area (Å²) in [6, 6.07) is 14.2. The lowest BCUT2D eigenvalue weighted by Gasteiger charge is -2.30. The van der Waals surface area contributed by atoms with Gasteiger partial charge in [-0.25, -0.2) is 10.2 Å². The second-order valence-electron chi connectivity index (χ2n) is 8.30. The molecular weight excluding hydrogens is 462 g/mol. The van der Waals surface area contributed by atoms with Crippen LogP contribution in [0.15, 0.2) is 57.8 Å². The summed E-state index contributed by atoms with van der Waals surface area (Å²) >= 11 is 7.51. The first kappa shape index (κ1) is 21.9. The van der Waals surface area contributed by atoms with Crippen LogP contribution < -0.4 is 10.7 Å². The monoisotopic (exact) mass is 483 g/mol. The van der Waals surface area contributed by atoms with Crippen LogP contribution in [-0.2, 0) is 10.5 Å². The molecule has 0 radical (unpaired) electrons.